The van der Waals surface area contributed by atoms with E-state index in [4.69, 9.17) is 4.74 Å². The Labute approximate surface area is 176 Å². The van der Waals surface area contributed by atoms with Crippen LogP contribution in [0.3, 0.4) is 0 Å². The van der Waals surface area contributed by atoms with Crippen LogP contribution in [0.4, 0.5) is 0 Å². The lowest BCUT2D eigenvalue weighted by Crippen LogP contribution is -2.37. The summed E-state index contributed by atoms with van der Waals surface area (Å²) >= 11 is 1.60. The molecule has 29 heavy (non-hydrogen) atoms. The third kappa shape index (κ3) is 7.38. The van der Waals surface area contributed by atoms with E-state index in [0.717, 1.165) is 10.5 Å². The van der Waals surface area contributed by atoms with Gasteiger partial charge in [-0.1, -0.05) is 49.4 Å². The minimum Gasteiger partial charge on any atom is -0.453 e. The number of ether oxygens (including phenoxy) is 1. The molecule has 0 fully saturated rings. The second kappa shape index (κ2) is 11.4. The molecule has 0 saturated carbocycles. The highest BCUT2D eigenvalue weighted by atomic mass is 32.2. The first-order valence-corrected chi connectivity index (χ1v) is 10.8. The van der Waals surface area contributed by atoms with Crippen molar-refractivity contribution in [1.29, 1.82) is 0 Å². The molecule has 2 aromatic rings. The number of nitrogens with one attached hydrogen (secondary N) is 1. The van der Waals surface area contributed by atoms with Crippen molar-refractivity contribution in [2.45, 2.75) is 43.6 Å². The number of carbonyl (C=O) groups excluding carboxylic acids is 3. The first-order valence-electron chi connectivity index (χ1n) is 9.60. The quantitative estimate of drug-likeness (QED) is 0.359. The van der Waals surface area contributed by atoms with Crippen LogP contribution in [-0.2, 0) is 14.3 Å². The minimum atomic E-state index is -0.901. The minimum absolute atomic E-state index is 0.0524. The Hall–Kier alpha value is -2.60. The number of thioether (sulfide) groups is 1. The first-order chi connectivity index (χ1) is 13.9. The Morgan fingerprint density at radius 1 is 0.966 bits per heavy atom. The largest absolute Gasteiger partial charge is 0.453 e. The van der Waals surface area contributed by atoms with Gasteiger partial charge in [0.2, 0.25) is 0 Å². The fourth-order valence-electron chi connectivity index (χ4n) is 2.74. The molecule has 0 aliphatic heterocycles. The molecule has 2 aromatic carbocycles. The maximum absolute atomic E-state index is 12.2. The Kier molecular flexibility index (Phi) is 8.93. The highest BCUT2D eigenvalue weighted by Crippen LogP contribution is 2.16. The molecule has 2 atom stereocenters. The summed E-state index contributed by atoms with van der Waals surface area (Å²) in [5, 5.41) is 2.80. The number of Topliss-reactive ketones (excluding diaryl/α,β-unsaturated/α-hetero) is 1. The van der Waals surface area contributed by atoms with Crippen LogP contribution in [0.5, 0.6) is 0 Å². The summed E-state index contributed by atoms with van der Waals surface area (Å²) in [6.07, 6.45) is 1.06. The van der Waals surface area contributed by atoms with Crippen molar-refractivity contribution >= 4 is 29.4 Å². The average Bonchev–Trinajstić information content (AvgIpc) is 2.76. The van der Waals surface area contributed by atoms with E-state index in [0.29, 0.717) is 12.1 Å². The molecule has 0 aliphatic rings. The van der Waals surface area contributed by atoms with Gasteiger partial charge in [-0.2, -0.15) is 0 Å². The van der Waals surface area contributed by atoms with E-state index in [-0.39, 0.29) is 30.4 Å². The summed E-state index contributed by atoms with van der Waals surface area (Å²) in [5.41, 5.74) is 1.69. The second-order valence-corrected chi connectivity index (χ2v) is 7.72. The third-order valence-corrected chi connectivity index (χ3v) is 5.34. The monoisotopic (exact) mass is 413 g/mol. The third-order valence-electron chi connectivity index (χ3n) is 4.60. The Morgan fingerprint density at radius 3 is 2.24 bits per heavy atom. The van der Waals surface area contributed by atoms with Gasteiger partial charge in [-0.05, 0) is 36.8 Å². The standard InChI is InChI=1S/C23H27NO4S/c1-16(18-7-5-4-6-8-18)15-24-23(27)17(2)28-22(26)14-13-21(25)19-9-11-20(29-3)12-10-19/h4-12,16-17H,13-15H2,1-3H3,(H,24,27). The number of carbonyl (C=O) groups is 3. The summed E-state index contributed by atoms with van der Waals surface area (Å²) in [5.74, 6) is -0.875. The molecule has 0 spiro atoms. The molecule has 0 saturated heterocycles. The van der Waals surface area contributed by atoms with Crippen molar-refractivity contribution in [3.05, 3.63) is 65.7 Å². The summed E-state index contributed by atoms with van der Waals surface area (Å²) in [4.78, 5) is 37.4. The van der Waals surface area contributed by atoms with Crippen molar-refractivity contribution in [2.75, 3.05) is 12.8 Å². The SMILES string of the molecule is CSc1ccc(C(=O)CCC(=O)OC(C)C(=O)NCC(C)c2ccccc2)cc1. The normalized spacial score (nSPS) is 12.7. The lowest BCUT2D eigenvalue weighted by Gasteiger charge is -2.16. The van der Waals surface area contributed by atoms with E-state index < -0.39 is 12.1 Å². The molecule has 0 bridgehead atoms. The first kappa shape index (κ1) is 22.7. The van der Waals surface area contributed by atoms with Gasteiger partial charge < -0.3 is 10.1 Å². The molecule has 2 unspecified atom stereocenters. The van der Waals surface area contributed by atoms with Crippen LogP contribution < -0.4 is 5.32 Å². The zero-order valence-electron chi connectivity index (χ0n) is 17.0. The predicted molar refractivity (Wildman–Crippen MR) is 115 cm³/mol. The zero-order valence-corrected chi connectivity index (χ0v) is 17.8. The number of hydrogen-bond donors (Lipinski definition) is 1. The molecular formula is C23H27NO4S. The molecule has 5 nitrogen and oxygen atoms in total. The molecule has 0 radical (unpaired) electrons. The van der Waals surface area contributed by atoms with Gasteiger partial charge in [-0.15, -0.1) is 11.8 Å². The van der Waals surface area contributed by atoms with Crippen LogP contribution in [0.1, 0.15) is 48.5 Å². The summed E-state index contributed by atoms with van der Waals surface area (Å²) in [6.45, 7) is 4.00. The van der Waals surface area contributed by atoms with Crippen LogP contribution in [0.15, 0.2) is 59.5 Å². The maximum atomic E-state index is 12.2. The molecule has 154 valence electrons. The van der Waals surface area contributed by atoms with Gasteiger partial charge in [0.05, 0.1) is 6.42 Å². The number of hydrogen-bond acceptors (Lipinski definition) is 5. The van der Waals surface area contributed by atoms with Crippen LogP contribution in [0.2, 0.25) is 0 Å². The van der Waals surface area contributed by atoms with Crippen molar-refractivity contribution in [2.24, 2.45) is 0 Å². The summed E-state index contributed by atoms with van der Waals surface area (Å²) < 4.78 is 5.17. The topological polar surface area (TPSA) is 72.5 Å². The summed E-state index contributed by atoms with van der Waals surface area (Å²) in [7, 11) is 0. The van der Waals surface area contributed by atoms with E-state index in [2.05, 4.69) is 5.32 Å². The highest BCUT2D eigenvalue weighted by molar-refractivity contribution is 7.98. The smallest absolute Gasteiger partial charge is 0.307 e. The average molecular weight is 414 g/mol. The molecule has 0 heterocycles. The predicted octanol–water partition coefficient (Wildman–Crippen LogP) is 4.22. The van der Waals surface area contributed by atoms with Gasteiger partial charge in [0, 0.05) is 23.4 Å². The van der Waals surface area contributed by atoms with Gasteiger partial charge in [0.25, 0.3) is 5.91 Å². The lowest BCUT2D eigenvalue weighted by molar-refractivity contribution is -0.154. The Balaban J connectivity index is 1.73. The molecule has 1 amide bonds. The number of ketones is 1. The lowest BCUT2D eigenvalue weighted by atomic mass is 10.0. The number of amides is 1. The molecule has 0 aromatic heterocycles. The van der Waals surface area contributed by atoms with Crippen LogP contribution >= 0.6 is 11.8 Å². The summed E-state index contributed by atoms with van der Waals surface area (Å²) in [6, 6.07) is 17.1. The number of esters is 1. The zero-order chi connectivity index (χ0) is 21.2. The Bertz CT molecular complexity index is 821. The van der Waals surface area contributed by atoms with Crippen molar-refractivity contribution in [1.82, 2.24) is 5.32 Å². The van der Waals surface area contributed by atoms with Crippen LogP contribution in [0, 0.1) is 0 Å². The highest BCUT2D eigenvalue weighted by Gasteiger charge is 2.19. The second-order valence-electron chi connectivity index (χ2n) is 6.84. The molecule has 0 aliphatic carbocycles. The van der Waals surface area contributed by atoms with Gasteiger partial charge in [-0.3, -0.25) is 14.4 Å². The van der Waals surface area contributed by atoms with Crippen molar-refractivity contribution in [3.63, 3.8) is 0 Å². The molecule has 6 heteroatoms. The van der Waals surface area contributed by atoms with E-state index in [1.54, 1.807) is 23.9 Å². The molecule has 2 rings (SSSR count). The fourth-order valence-corrected chi connectivity index (χ4v) is 3.15. The Morgan fingerprint density at radius 2 is 1.62 bits per heavy atom. The molecular weight excluding hydrogens is 386 g/mol. The van der Waals surface area contributed by atoms with Gasteiger partial charge in [0.1, 0.15) is 0 Å². The number of benzene rings is 2. The van der Waals surface area contributed by atoms with E-state index >= 15 is 0 Å². The van der Waals surface area contributed by atoms with E-state index in [1.165, 1.54) is 6.92 Å². The van der Waals surface area contributed by atoms with Gasteiger partial charge in [0.15, 0.2) is 11.9 Å². The van der Waals surface area contributed by atoms with Crippen molar-refractivity contribution in [3.8, 4) is 0 Å². The fraction of sp³-hybridized carbons (Fsp3) is 0.348. The number of rotatable bonds is 10. The van der Waals surface area contributed by atoms with E-state index in [1.807, 2.05) is 55.6 Å². The van der Waals surface area contributed by atoms with Crippen LogP contribution in [0.25, 0.3) is 0 Å². The van der Waals surface area contributed by atoms with Crippen LogP contribution in [-0.4, -0.2) is 36.6 Å². The maximum Gasteiger partial charge on any atom is 0.307 e. The molecule has 1 N–H and O–H groups in total. The van der Waals surface area contributed by atoms with Crippen molar-refractivity contribution < 1.29 is 19.1 Å². The van der Waals surface area contributed by atoms with Gasteiger partial charge >= 0.3 is 5.97 Å². The van der Waals surface area contributed by atoms with E-state index in [9.17, 15) is 14.4 Å². The van der Waals surface area contributed by atoms with Gasteiger partial charge in [-0.25, -0.2) is 0 Å².